The number of nitrogens with zero attached hydrogens (tertiary/aromatic N) is 2. The van der Waals surface area contributed by atoms with E-state index in [0.717, 1.165) is 21.9 Å². The molecule has 0 bridgehead atoms. The van der Waals surface area contributed by atoms with E-state index in [1.807, 2.05) is 72.8 Å². The summed E-state index contributed by atoms with van der Waals surface area (Å²) in [6.45, 7) is 4.19. The first-order valence-electron chi connectivity index (χ1n) is 15.3. The van der Waals surface area contributed by atoms with Crippen LogP contribution in [0.3, 0.4) is 0 Å². The third-order valence-electron chi connectivity index (χ3n) is 8.26. The minimum atomic E-state index is -0.829. The Morgan fingerprint density at radius 1 is 0.979 bits per heavy atom. The van der Waals surface area contributed by atoms with E-state index in [2.05, 4.69) is 0 Å². The summed E-state index contributed by atoms with van der Waals surface area (Å²) < 4.78 is 35.9. The number of carbonyl (C=O) groups excluding carboxylic acids is 1. The fourth-order valence-corrected chi connectivity index (χ4v) is 7.08. The van der Waals surface area contributed by atoms with Gasteiger partial charge in [0, 0.05) is 5.56 Å². The van der Waals surface area contributed by atoms with Crippen LogP contribution in [0.2, 0.25) is 0 Å². The summed E-state index contributed by atoms with van der Waals surface area (Å²) in [4.78, 5) is 33.0. The summed E-state index contributed by atoms with van der Waals surface area (Å²) in [5.74, 6) is 2.47. The van der Waals surface area contributed by atoms with Crippen LogP contribution in [0.15, 0.2) is 93.9 Å². The molecule has 1 atom stereocenters. The molecule has 3 heterocycles. The lowest BCUT2D eigenvalue weighted by molar-refractivity contribution is -0.139. The van der Waals surface area contributed by atoms with Crippen LogP contribution in [0.25, 0.3) is 16.8 Å². The lowest BCUT2D eigenvalue weighted by atomic mass is 9.90. The van der Waals surface area contributed by atoms with Gasteiger partial charge in [-0.3, -0.25) is 9.36 Å². The van der Waals surface area contributed by atoms with Gasteiger partial charge in [-0.25, -0.2) is 9.79 Å². The molecule has 10 nitrogen and oxygen atoms in total. The second-order valence-corrected chi connectivity index (χ2v) is 12.1. The highest BCUT2D eigenvalue weighted by atomic mass is 32.1. The Labute approximate surface area is 279 Å². The summed E-state index contributed by atoms with van der Waals surface area (Å²) in [6, 6.07) is 21.9. The van der Waals surface area contributed by atoms with Crippen molar-refractivity contribution in [2.24, 2.45) is 4.99 Å². The van der Waals surface area contributed by atoms with Crippen molar-refractivity contribution in [3.63, 3.8) is 0 Å². The SMILES string of the molecule is CCOC(=O)C1=C(C)N=c2sc(=Cc3ccc(OCc4ccc5c(c4)OCO5)c(OC)c3)c(=O)n2[C@H]1c1c(OC)ccc2ccccc12. The second kappa shape index (κ2) is 12.9. The first-order chi connectivity index (χ1) is 23.4. The zero-order valence-corrected chi connectivity index (χ0v) is 27.6. The number of thiazole rings is 1. The Morgan fingerprint density at radius 3 is 2.58 bits per heavy atom. The smallest absolute Gasteiger partial charge is 0.338 e. The maximum atomic E-state index is 14.3. The van der Waals surface area contributed by atoms with Crippen LogP contribution < -0.4 is 38.6 Å². The highest BCUT2D eigenvalue weighted by Gasteiger charge is 2.36. The number of esters is 1. The Bertz CT molecular complexity index is 2290. The van der Waals surface area contributed by atoms with Gasteiger partial charge in [-0.15, -0.1) is 0 Å². The third-order valence-corrected chi connectivity index (χ3v) is 9.24. The quantitative estimate of drug-likeness (QED) is 0.196. The van der Waals surface area contributed by atoms with Crippen molar-refractivity contribution in [3.05, 3.63) is 120 Å². The number of allylic oxidation sites excluding steroid dienone is 1. The number of methoxy groups -OCH3 is 2. The fraction of sp³-hybridized carbons (Fsp3) is 0.216. The standard InChI is InChI=1S/C37H32N2O8S/c1-5-44-36(41)32-21(2)38-37-39(34(32)33-25-9-7-6-8-24(25)12-15-28(33)42-3)35(40)31(48-37)18-22-10-13-26(29(16-22)43-4)45-19-23-11-14-27-30(17-23)47-20-46-27/h6-18,34H,5,19-20H2,1-4H3/t34-/m1/s1. The molecule has 11 heteroatoms. The Hall–Kier alpha value is -5.55. The van der Waals surface area contributed by atoms with Gasteiger partial charge in [0.1, 0.15) is 18.4 Å². The normalized spacial score (nSPS) is 15.2. The van der Waals surface area contributed by atoms with Crippen molar-refractivity contribution < 1.29 is 33.2 Å². The van der Waals surface area contributed by atoms with Crippen LogP contribution >= 0.6 is 11.3 Å². The van der Waals surface area contributed by atoms with Gasteiger partial charge in [-0.05, 0) is 72.2 Å². The molecule has 7 rings (SSSR count). The molecule has 0 fully saturated rings. The number of carbonyl (C=O) groups is 1. The average molecular weight is 665 g/mol. The number of hydrogen-bond donors (Lipinski definition) is 0. The molecule has 2 aliphatic heterocycles. The first-order valence-corrected chi connectivity index (χ1v) is 16.2. The van der Waals surface area contributed by atoms with Gasteiger partial charge in [-0.1, -0.05) is 53.8 Å². The topological polar surface area (TPSA) is 107 Å². The van der Waals surface area contributed by atoms with Gasteiger partial charge >= 0.3 is 5.97 Å². The number of fused-ring (bicyclic) bond motifs is 3. The van der Waals surface area contributed by atoms with Crippen molar-refractivity contribution >= 4 is 34.2 Å². The Morgan fingerprint density at radius 2 is 1.77 bits per heavy atom. The van der Waals surface area contributed by atoms with E-state index >= 15 is 0 Å². The van der Waals surface area contributed by atoms with Crippen molar-refractivity contribution in [2.75, 3.05) is 27.6 Å². The van der Waals surface area contributed by atoms with Crippen LogP contribution in [0.5, 0.6) is 28.7 Å². The predicted molar refractivity (Wildman–Crippen MR) is 181 cm³/mol. The van der Waals surface area contributed by atoms with E-state index in [0.29, 0.717) is 55.9 Å². The summed E-state index contributed by atoms with van der Waals surface area (Å²) >= 11 is 1.25. The zero-order chi connectivity index (χ0) is 33.4. The summed E-state index contributed by atoms with van der Waals surface area (Å²) in [7, 11) is 3.14. The molecule has 0 saturated heterocycles. The van der Waals surface area contributed by atoms with E-state index < -0.39 is 12.0 Å². The molecule has 1 aromatic heterocycles. The lowest BCUT2D eigenvalue weighted by Crippen LogP contribution is -2.40. The first kappa shape index (κ1) is 31.1. The predicted octanol–water partition coefficient (Wildman–Crippen LogP) is 5.28. The highest BCUT2D eigenvalue weighted by molar-refractivity contribution is 7.07. The molecule has 2 aliphatic rings. The van der Waals surface area contributed by atoms with Crippen molar-refractivity contribution in [1.82, 2.24) is 4.57 Å². The molecule has 0 spiro atoms. The van der Waals surface area contributed by atoms with E-state index in [4.69, 9.17) is 33.4 Å². The number of rotatable bonds is 9. The minimum Gasteiger partial charge on any atom is -0.496 e. The van der Waals surface area contributed by atoms with Crippen LogP contribution in [-0.2, 0) is 16.1 Å². The maximum Gasteiger partial charge on any atom is 0.338 e. The second-order valence-electron chi connectivity index (χ2n) is 11.1. The summed E-state index contributed by atoms with van der Waals surface area (Å²) in [5.41, 5.74) is 2.80. The molecule has 0 saturated carbocycles. The zero-order valence-electron chi connectivity index (χ0n) is 26.8. The monoisotopic (exact) mass is 664 g/mol. The molecule has 0 unspecified atom stereocenters. The largest absolute Gasteiger partial charge is 0.496 e. The number of benzene rings is 4. The Kier molecular flexibility index (Phi) is 8.36. The van der Waals surface area contributed by atoms with Gasteiger partial charge in [0.2, 0.25) is 6.79 Å². The molecular weight excluding hydrogens is 632 g/mol. The molecule has 5 aromatic rings. The Balaban J connectivity index is 1.30. The average Bonchev–Trinajstić information content (AvgIpc) is 3.69. The van der Waals surface area contributed by atoms with Gasteiger partial charge in [0.05, 0.1) is 36.6 Å². The maximum absolute atomic E-state index is 14.3. The van der Waals surface area contributed by atoms with Crippen LogP contribution in [0.4, 0.5) is 0 Å². The number of hydrogen-bond acceptors (Lipinski definition) is 10. The van der Waals surface area contributed by atoms with Gasteiger partial charge in [0.15, 0.2) is 27.8 Å². The molecule has 4 aromatic carbocycles. The van der Waals surface area contributed by atoms with E-state index in [9.17, 15) is 9.59 Å². The number of ether oxygens (including phenoxy) is 6. The van der Waals surface area contributed by atoms with Crippen molar-refractivity contribution in [1.29, 1.82) is 0 Å². The van der Waals surface area contributed by atoms with Crippen LogP contribution in [-0.4, -0.2) is 38.2 Å². The molecule has 0 aliphatic carbocycles. The van der Waals surface area contributed by atoms with Gasteiger partial charge in [0.25, 0.3) is 5.56 Å². The fourth-order valence-electron chi connectivity index (χ4n) is 6.04. The molecular formula is C37H32N2O8S. The molecule has 0 amide bonds. The van der Waals surface area contributed by atoms with Crippen LogP contribution in [0, 0.1) is 0 Å². The third kappa shape index (κ3) is 5.56. The highest BCUT2D eigenvalue weighted by Crippen LogP contribution is 2.40. The van der Waals surface area contributed by atoms with Crippen molar-refractivity contribution in [2.45, 2.75) is 26.5 Å². The molecule has 48 heavy (non-hydrogen) atoms. The van der Waals surface area contributed by atoms with E-state index in [1.54, 1.807) is 38.7 Å². The van der Waals surface area contributed by atoms with Crippen LogP contribution in [0.1, 0.15) is 36.6 Å². The summed E-state index contributed by atoms with van der Waals surface area (Å²) in [5, 5.41) is 1.80. The molecule has 0 radical (unpaired) electrons. The summed E-state index contributed by atoms with van der Waals surface area (Å²) in [6.07, 6.45) is 1.79. The number of aromatic nitrogens is 1. The molecule has 0 N–H and O–H groups in total. The van der Waals surface area contributed by atoms with E-state index in [-0.39, 0.29) is 24.5 Å². The minimum absolute atomic E-state index is 0.178. The molecule has 244 valence electrons. The van der Waals surface area contributed by atoms with Gasteiger partial charge in [-0.2, -0.15) is 0 Å². The lowest BCUT2D eigenvalue weighted by Gasteiger charge is -2.27. The van der Waals surface area contributed by atoms with E-state index in [1.165, 1.54) is 11.3 Å². The van der Waals surface area contributed by atoms with Crippen molar-refractivity contribution in [3.8, 4) is 28.7 Å². The van der Waals surface area contributed by atoms with Gasteiger partial charge < -0.3 is 28.4 Å².